The van der Waals surface area contributed by atoms with Gasteiger partial charge in [0.25, 0.3) is 0 Å². The number of pyridine rings is 1. The molecule has 0 bridgehead atoms. The zero-order chi connectivity index (χ0) is 14.8. The second-order valence-electron chi connectivity index (χ2n) is 4.27. The van der Waals surface area contributed by atoms with Gasteiger partial charge in [-0.05, 0) is 24.3 Å². The molecule has 0 saturated heterocycles. The Bertz CT molecular complexity index is 808. The first-order chi connectivity index (χ1) is 10.2. The maximum Gasteiger partial charge on any atom is 0.180 e. The third kappa shape index (κ3) is 2.66. The van der Waals surface area contributed by atoms with Crippen molar-refractivity contribution in [3.05, 3.63) is 41.6 Å². The molecule has 3 rings (SSSR count). The molecule has 2 aromatic heterocycles. The Hall–Kier alpha value is -2.60. The number of nitrogens with one attached hydrogen (secondary N) is 1. The lowest BCUT2D eigenvalue weighted by molar-refractivity contribution is 0.415. The van der Waals surface area contributed by atoms with E-state index in [1.807, 2.05) is 6.07 Å². The van der Waals surface area contributed by atoms with Gasteiger partial charge in [0.1, 0.15) is 11.3 Å². The van der Waals surface area contributed by atoms with Gasteiger partial charge in [-0.15, -0.1) is 0 Å². The van der Waals surface area contributed by atoms with Gasteiger partial charge in [0.15, 0.2) is 17.3 Å². The van der Waals surface area contributed by atoms with Crippen molar-refractivity contribution in [2.24, 2.45) is 0 Å². The topological polar surface area (TPSA) is 86.0 Å². The molecule has 0 atom stereocenters. The van der Waals surface area contributed by atoms with Crippen LogP contribution in [0.15, 0.2) is 36.5 Å². The second-order valence-corrected chi connectivity index (χ2v) is 4.68. The zero-order valence-electron chi connectivity index (χ0n) is 11.2. The van der Waals surface area contributed by atoms with E-state index in [4.69, 9.17) is 22.1 Å². The van der Waals surface area contributed by atoms with Gasteiger partial charge in [0, 0.05) is 12.3 Å². The molecule has 0 unspecified atom stereocenters. The lowest BCUT2D eigenvalue weighted by Crippen LogP contribution is -2.03. The molecule has 21 heavy (non-hydrogen) atoms. The van der Waals surface area contributed by atoms with Crippen LogP contribution in [0.25, 0.3) is 11.2 Å². The molecule has 0 aliphatic carbocycles. The fraction of sp³-hybridized carbons (Fsp3) is 0.0714. The Labute approximate surface area is 126 Å². The Kier molecular flexibility index (Phi) is 3.45. The van der Waals surface area contributed by atoms with Gasteiger partial charge in [0.05, 0.1) is 17.8 Å². The highest BCUT2D eigenvalue weighted by Gasteiger charge is 2.09. The van der Waals surface area contributed by atoms with Gasteiger partial charge in [-0.25, -0.2) is 15.0 Å². The van der Waals surface area contributed by atoms with Crippen molar-refractivity contribution in [1.29, 1.82) is 0 Å². The van der Waals surface area contributed by atoms with Crippen LogP contribution in [0.2, 0.25) is 5.02 Å². The highest BCUT2D eigenvalue weighted by Crippen LogP contribution is 2.30. The minimum Gasteiger partial charge on any atom is -0.497 e. The molecule has 0 saturated carbocycles. The number of nitrogens with zero attached hydrogens (tertiary/aromatic N) is 3. The third-order valence-corrected chi connectivity index (χ3v) is 3.22. The van der Waals surface area contributed by atoms with E-state index in [1.54, 1.807) is 37.6 Å². The molecule has 2 heterocycles. The summed E-state index contributed by atoms with van der Waals surface area (Å²) in [6.45, 7) is 0. The van der Waals surface area contributed by atoms with Crippen molar-refractivity contribution in [1.82, 2.24) is 15.0 Å². The Morgan fingerprint density at radius 3 is 2.90 bits per heavy atom. The van der Waals surface area contributed by atoms with Crippen LogP contribution in [-0.2, 0) is 0 Å². The molecular formula is C14H12ClN5O. The molecule has 0 aliphatic heterocycles. The first-order valence-corrected chi connectivity index (χ1v) is 6.54. The number of benzene rings is 1. The van der Waals surface area contributed by atoms with E-state index in [1.165, 1.54) is 0 Å². The molecule has 0 fully saturated rings. The molecular weight excluding hydrogens is 290 g/mol. The van der Waals surface area contributed by atoms with E-state index in [9.17, 15) is 0 Å². The number of fused-ring (bicyclic) bond motifs is 1. The van der Waals surface area contributed by atoms with Crippen LogP contribution in [-0.4, -0.2) is 22.1 Å². The number of methoxy groups -OCH3 is 1. The molecule has 1 aromatic carbocycles. The van der Waals surface area contributed by atoms with E-state index in [-0.39, 0.29) is 5.82 Å². The minimum atomic E-state index is 0.250. The molecule has 106 valence electrons. The molecule has 0 aliphatic rings. The Balaban J connectivity index is 2.03. The standard InChI is InChI=1S/C14H12ClN5O/c1-21-8-4-5-9(15)11(7-8)19-14-12(16)20-13-10(18-14)3-2-6-17-13/h2-7H,1H3,(H,18,19)(H2,16,17,20). The number of nitrogens with two attached hydrogens (primary N) is 1. The first-order valence-electron chi connectivity index (χ1n) is 6.16. The third-order valence-electron chi connectivity index (χ3n) is 2.89. The number of halogens is 1. The minimum absolute atomic E-state index is 0.250. The van der Waals surface area contributed by atoms with Crippen molar-refractivity contribution in [3.63, 3.8) is 0 Å². The van der Waals surface area contributed by atoms with E-state index < -0.39 is 0 Å². The summed E-state index contributed by atoms with van der Waals surface area (Å²) in [5, 5.41) is 3.60. The largest absolute Gasteiger partial charge is 0.497 e. The fourth-order valence-corrected chi connectivity index (χ4v) is 2.02. The lowest BCUT2D eigenvalue weighted by Gasteiger charge is -2.11. The van der Waals surface area contributed by atoms with E-state index >= 15 is 0 Å². The quantitative estimate of drug-likeness (QED) is 0.773. The summed E-state index contributed by atoms with van der Waals surface area (Å²) in [4.78, 5) is 12.7. The maximum absolute atomic E-state index is 6.15. The van der Waals surface area contributed by atoms with Gasteiger partial charge in [-0.1, -0.05) is 11.6 Å². The van der Waals surface area contributed by atoms with Gasteiger partial charge in [-0.3, -0.25) is 0 Å². The predicted octanol–water partition coefficient (Wildman–Crippen LogP) is 3.01. The monoisotopic (exact) mass is 301 g/mol. The van der Waals surface area contributed by atoms with Crippen LogP contribution >= 0.6 is 11.6 Å². The van der Waals surface area contributed by atoms with Crippen molar-refractivity contribution >= 4 is 40.1 Å². The van der Waals surface area contributed by atoms with Crippen molar-refractivity contribution in [2.75, 3.05) is 18.2 Å². The van der Waals surface area contributed by atoms with Gasteiger partial charge >= 0.3 is 0 Å². The number of hydrogen-bond acceptors (Lipinski definition) is 6. The van der Waals surface area contributed by atoms with Crippen molar-refractivity contribution in [2.45, 2.75) is 0 Å². The van der Waals surface area contributed by atoms with Crippen molar-refractivity contribution < 1.29 is 4.74 Å². The number of hydrogen-bond donors (Lipinski definition) is 2. The number of anilines is 3. The number of nitrogen functional groups attached to an aromatic ring is 1. The Morgan fingerprint density at radius 2 is 2.10 bits per heavy atom. The predicted molar refractivity (Wildman–Crippen MR) is 83.0 cm³/mol. The van der Waals surface area contributed by atoms with E-state index in [2.05, 4.69) is 20.3 Å². The van der Waals surface area contributed by atoms with E-state index in [0.717, 1.165) is 0 Å². The second kappa shape index (κ2) is 5.41. The average Bonchev–Trinajstić information content (AvgIpc) is 2.50. The molecule has 0 spiro atoms. The average molecular weight is 302 g/mol. The van der Waals surface area contributed by atoms with Gasteiger partial charge < -0.3 is 15.8 Å². The van der Waals surface area contributed by atoms with Crippen LogP contribution in [0.4, 0.5) is 17.3 Å². The van der Waals surface area contributed by atoms with Gasteiger partial charge in [0.2, 0.25) is 0 Å². The number of aromatic nitrogens is 3. The van der Waals surface area contributed by atoms with Crippen LogP contribution in [0.1, 0.15) is 0 Å². The summed E-state index contributed by atoms with van der Waals surface area (Å²) in [7, 11) is 1.59. The molecule has 3 aromatic rings. The number of ether oxygens (including phenoxy) is 1. The number of rotatable bonds is 3. The Morgan fingerprint density at radius 1 is 1.24 bits per heavy atom. The van der Waals surface area contributed by atoms with Crippen LogP contribution in [0, 0.1) is 0 Å². The molecule has 0 amide bonds. The molecule has 7 heteroatoms. The van der Waals surface area contributed by atoms with Gasteiger partial charge in [-0.2, -0.15) is 0 Å². The summed E-state index contributed by atoms with van der Waals surface area (Å²) in [5.41, 5.74) is 7.69. The normalized spacial score (nSPS) is 10.6. The van der Waals surface area contributed by atoms with E-state index in [0.29, 0.717) is 33.4 Å². The molecule has 3 N–H and O–H groups in total. The smallest absolute Gasteiger partial charge is 0.180 e. The zero-order valence-corrected chi connectivity index (χ0v) is 11.9. The summed E-state index contributed by atoms with van der Waals surface area (Å²) in [6.07, 6.45) is 1.64. The maximum atomic E-state index is 6.15. The fourth-order valence-electron chi connectivity index (χ4n) is 1.85. The van der Waals surface area contributed by atoms with Crippen LogP contribution in [0.5, 0.6) is 5.75 Å². The summed E-state index contributed by atoms with van der Waals surface area (Å²) in [6, 6.07) is 8.86. The lowest BCUT2D eigenvalue weighted by atomic mass is 10.3. The van der Waals surface area contributed by atoms with Crippen molar-refractivity contribution in [3.8, 4) is 5.75 Å². The molecule has 6 nitrogen and oxygen atoms in total. The summed E-state index contributed by atoms with van der Waals surface area (Å²) < 4.78 is 5.17. The van der Waals surface area contributed by atoms with Crippen LogP contribution < -0.4 is 15.8 Å². The highest BCUT2D eigenvalue weighted by molar-refractivity contribution is 6.33. The van der Waals surface area contributed by atoms with Crippen LogP contribution in [0.3, 0.4) is 0 Å². The molecule has 0 radical (unpaired) electrons. The summed E-state index contributed by atoms with van der Waals surface area (Å²) in [5.74, 6) is 1.35. The summed E-state index contributed by atoms with van der Waals surface area (Å²) >= 11 is 6.15. The highest BCUT2D eigenvalue weighted by atomic mass is 35.5. The first kappa shape index (κ1) is 13.4. The SMILES string of the molecule is COc1ccc(Cl)c(Nc2nc3cccnc3nc2N)c1.